The Morgan fingerprint density at radius 3 is 2.67 bits per heavy atom. The molecule has 1 aromatic heterocycles. The second kappa shape index (κ2) is 3.11. The van der Waals surface area contributed by atoms with E-state index in [9.17, 15) is 13.2 Å². The molecule has 15 heavy (non-hydrogen) atoms. The summed E-state index contributed by atoms with van der Waals surface area (Å²) in [4.78, 5) is 13.2. The molecule has 1 N–H and O–H groups in total. The maximum Gasteiger partial charge on any atom is 0.417 e. The molecule has 0 spiro atoms. The van der Waals surface area contributed by atoms with Crippen LogP contribution in [0.4, 0.5) is 0 Å². The molecule has 2 aromatic rings. The van der Waals surface area contributed by atoms with E-state index in [0.29, 0.717) is 16.7 Å². The first-order valence-corrected chi connectivity index (χ1v) is 6.27. The van der Waals surface area contributed by atoms with Gasteiger partial charge in [0.15, 0.2) is 5.58 Å². The molecule has 0 bridgehead atoms. The van der Waals surface area contributed by atoms with Gasteiger partial charge in [0.05, 0.1) is 10.4 Å². The highest BCUT2D eigenvalue weighted by Gasteiger charge is 2.15. The van der Waals surface area contributed by atoms with Gasteiger partial charge in [-0.25, -0.2) is 13.2 Å². The quantitative estimate of drug-likeness (QED) is 0.772. The third-order valence-electron chi connectivity index (χ3n) is 1.98. The zero-order valence-corrected chi connectivity index (χ0v) is 9.15. The number of aromatic amines is 1. The molecule has 1 heterocycles. The van der Waals surface area contributed by atoms with Crippen molar-refractivity contribution in [1.82, 2.24) is 4.98 Å². The molecule has 0 aliphatic carbocycles. The number of aryl methyl sites for hydroxylation is 1. The molecular formula is C8H6ClNO4S. The van der Waals surface area contributed by atoms with Crippen molar-refractivity contribution in [1.29, 1.82) is 0 Å². The fraction of sp³-hybridized carbons (Fsp3) is 0.125. The van der Waals surface area contributed by atoms with Gasteiger partial charge in [-0.1, -0.05) is 0 Å². The fourth-order valence-corrected chi connectivity index (χ4v) is 2.54. The van der Waals surface area contributed by atoms with Gasteiger partial charge in [0.2, 0.25) is 0 Å². The molecule has 0 fully saturated rings. The Labute approximate surface area is 89.1 Å². The zero-order chi connectivity index (χ0) is 11.2. The van der Waals surface area contributed by atoms with E-state index in [2.05, 4.69) is 4.98 Å². The van der Waals surface area contributed by atoms with E-state index in [1.165, 1.54) is 12.1 Å². The number of H-pyrrole nitrogens is 1. The summed E-state index contributed by atoms with van der Waals surface area (Å²) in [6.07, 6.45) is 0. The van der Waals surface area contributed by atoms with Crippen molar-refractivity contribution in [3.05, 3.63) is 28.2 Å². The second-order valence-corrected chi connectivity index (χ2v) is 5.60. The third kappa shape index (κ3) is 1.78. The summed E-state index contributed by atoms with van der Waals surface area (Å²) >= 11 is 0. The molecule has 0 atom stereocenters. The van der Waals surface area contributed by atoms with Gasteiger partial charge < -0.3 is 4.42 Å². The van der Waals surface area contributed by atoms with Crippen LogP contribution in [-0.2, 0) is 9.05 Å². The zero-order valence-electron chi connectivity index (χ0n) is 7.57. The minimum atomic E-state index is -3.81. The largest absolute Gasteiger partial charge is 0.417 e. The third-order valence-corrected chi connectivity index (χ3v) is 3.44. The Balaban J connectivity index is 2.89. The number of fused-ring (bicyclic) bond motifs is 1. The van der Waals surface area contributed by atoms with E-state index in [4.69, 9.17) is 15.1 Å². The predicted octanol–water partition coefficient (Wildman–Crippen LogP) is 1.36. The maximum atomic E-state index is 11.1. The molecule has 2 rings (SSSR count). The Bertz CT molecular complexity index is 682. The van der Waals surface area contributed by atoms with Gasteiger partial charge in [-0.05, 0) is 24.6 Å². The summed E-state index contributed by atoms with van der Waals surface area (Å²) in [5.74, 6) is -0.631. The van der Waals surface area contributed by atoms with Gasteiger partial charge >= 0.3 is 5.76 Å². The second-order valence-electron chi connectivity index (χ2n) is 3.07. The van der Waals surface area contributed by atoms with Crippen molar-refractivity contribution in [2.75, 3.05) is 0 Å². The molecule has 5 nitrogen and oxygen atoms in total. The number of benzene rings is 1. The molecule has 1 aromatic carbocycles. The first-order valence-electron chi connectivity index (χ1n) is 3.96. The number of aromatic nitrogens is 1. The fourth-order valence-electron chi connectivity index (χ4n) is 1.34. The number of hydrogen-bond acceptors (Lipinski definition) is 4. The summed E-state index contributed by atoms with van der Waals surface area (Å²) in [5.41, 5.74) is 1.05. The molecule has 0 radical (unpaired) electrons. The van der Waals surface area contributed by atoms with Gasteiger partial charge in [-0.3, -0.25) is 4.98 Å². The first kappa shape index (κ1) is 10.3. The van der Waals surface area contributed by atoms with Crippen LogP contribution in [0.1, 0.15) is 5.56 Å². The lowest BCUT2D eigenvalue weighted by molar-refractivity contribution is 0.555. The highest BCUT2D eigenvalue weighted by Crippen LogP contribution is 2.23. The van der Waals surface area contributed by atoms with Crippen molar-refractivity contribution < 1.29 is 12.8 Å². The molecule has 0 unspecified atom stereocenters. The maximum absolute atomic E-state index is 11.1. The number of nitrogens with one attached hydrogen (secondary N) is 1. The number of hydrogen-bond donors (Lipinski definition) is 1. The van der Waals surface area contributed by atoms with Crippen molar-refractivity contribution in [3.63, 3.8) is 0 Å². The summed E-state index contributed by atoms with van der Waals surface area (Å²) in [6, 6.07) is 2.72. The van der Waals surface area contributed by atoms with Crippen LogP contribution in [0.15, 0.2) is 26.2 Å². The summed E-state index contributed by atoms with van der Waals surface area (Å²) in [6.45, 7) is 1.57. The molecule has 0 saturated heterocycles. The number of rotatable bonds is 1. The van der Waals surface area contributed by atoms with Gasteiger partial charge in [0, 0.05) is 10.7 Å². The van der Waals surface area contributed by atoms with E-state index in [1.807, 2.05) is 0 Å². The summed E-state index contributed by atoms with van der Waals surface area (Å²) in [5, 5.41) is 0. The minimum absolute atomic E-state index is 0.0336. The average molecular weight is 248 g/mol. The predicted molar refractivity (Wildman–Crippen MR) is 54.6 cm³/mol. The minimum Gasteiger partial charge on any atom is -0.408 e. The Morgan fingerprint density at radius 2 is 2.07 bits per heavy atom. The highest BCUT2D eigenvalue weighted by molar-refractivity contribution is 8.13. The molecule has 80 valence electrons. The number of halogens is 1. The van der Waals surface area contributed by atoms with Crippen LogP contribution in [0.5, 0.6) is 0 Å². The van der Waals surface area contributed by atoms with Crippen LogP contribution in [0.2, 0.25) is 0 Å². The van der Waals surface area contributed by atoms with Gasteiger partial charge in [0.1, 0.15) is 0 Å². The van der Waals surface area contributed by atoms with E-state index in [0.717, 1.165) is 0 Å². The van der Waals surface area contributed by atoms with E-state index in [1.54, 1.807) is 6.92 Å². The summed E-state index contributed by atoms with van der Waals surface area (Å²) < 4.78 is 27.1. The molecule has 7 heteroatoms. The van der Waals surface area contributed by atoms with Crippen molar-refractivity contribution in [2.24, 2.45) is 0 Å². The van der Waals surface area contributed by atoms with Crippen LogP contribution < -0.4 is 5.76 Å². The highest BCUT2D eigenvalue weighted by atomic mass is 35.7. The van der Waals surface area contributed by atoms with Crippen LogP contribution >= 0.6 is 10.7 Å². The van der Waals surface area contributed by atoms with Crippen molar-refractivity contribution in [2.45, 2.75) is 11.8 Å². The molecule has 0 amide bonds. The Kier molecular flexibility index (Phi) is 2.13. The lowest BCUT2D eigenvalue weighted by atomic mass is 10.2. The smallest absolute Gasteiger partial charge is 0.408 e. The standard InChI is InChI=1S/C8H6ClNO4S/c1-4-2-6-5(10-8(11)14-6)3-7(4)15(9,12)13/h2-3H,1H3,(H,10,11). The normalized spacial score (nSPS) is 12.1. The summed E-state index contributed by atoms with van der Waals surface area (Å²) in [7, 11) is 1.41. The Hall–Kier alpha value is -1.27. The van der Waals surface area contributed by atoms with Gasteiger partial charge in [-0.15, -0.1) is 0 Å². The van der Waals surface area contributed by atoms with E-state index < -0.39 is 14.8 Å². The van der Waals surface area contributed by atoms with Crippen LogP contribution in [0, 0.1) is 6.92 Å². The Morgan fingerprint density at radius 1 is 1.40 bits per heavy atom. The molecule has 0 aliphatic heterocycles. The topological polar surface area (TPSA) is 80.1 Å². The first-order chi connectivity index (χ1) is 6.88. The monoisotopic (exact) mass is 247 g/mol. The molecule has 0 saturated carbocycles. The van der Waals surface area contributed by atoms with Gasteiger partial charge in [0.25, 0.3) is 9.05 Å². The van der Waals surface area contributed by atoms with Crippen LogP contribution in [-0.4, -0.2) is 13.4 Å². The van der Waals surface area contributed by atoms with Gasteiger partial charge in [-0.2, -0.15) is 0 Å². The van der Waals surface area contributed by atoms with Crippen molar-refractivity contribution >= 4 is 30.8 Å². The average Bonchev–Trinajstić information content (AvgIpc) is 2.40. The SMILES string of the molecule is Cc1cc2oc(=O)[nH]c2cc1S(=O)(=O)Cl. The van der Waals surface area contributed by atoms with Crippen LogP contribution in [0.25, 0.3) is 11.1 Å². The molecular weight excluding hydrogens is 242 g/mol. The van der Waals surface area contributed by atoms with E-state index >= 15 is 0 Å². The number of oxazole rings is 1. The lowest BCUT2D eigenvalue weighted by Crippen LogP contribution is -1.95. The van der Waals surface area contributed by atoms with E-state index in [-0.39, 0.29) is 4.90 Å². The lowest BCUT2D eigenvalue weighted by Gasteiger charge is -2.00. The molecule has 0 aliphatic rings. The van der Waals surface area contributed by atoms with Crippen LogP contribution in [0.3, 0.4) is 0 Å². The van der Waals surface area contributed by atoms with Crippen molar-refractivity contribution in [3.8, 4) is 0 Å².